The maximum atomic E-state index is 13.6. The highest BCUT2D eigenvalue weighted by Crippen LogP contribution is 2.18. The zero-order chi connectivity index (χ0) is 15.2. The summed E-state index contributed by atoms with van der Waals surface area (Å²) in [6.45, 7) is 1.64. The molecule has 0 saturated heterocycles. The van der Waals surface area contributed by atoms with Crippen molar-refractivity contribution >= 4 is 22.9 Å². The molecule has 0 aliphatic heterocycles. The van der Waals surface area contributed by atoms with E-state index in [-0.39, 0.29) is 17.1 Å². The van der Waals surface area contributed by atoms with Crippen LogP contribution in [-0.4, -0.2) is 18.2 Å². The van der Waals surface area contributed by atoms with Gasteiger partial charge in [-0.05, 0) is 36.9 Å². The molecule has 2 rings (SSSR count). The molecule has 1 aromatic heterocycles. The molecule has 0 atom stereocenters. The van der Waals surface area contributed by atoms with Gasteiger partial charge in [-0.2, -0.15) is 0 Å². The standard InChI is InChI=1S/C16H15FO3S/c1-11(18)13-7-6-12(10-14(13)17)20-8-2-4-15(19)16-5-3-9-21-16/h3,5-7,9-10H,2,4,8H2,1H3. The predicted octanol–water partition coefficient (Wildman–Crippen LogP) is 4.13. The first-order chi connectivity index (χ1) is 10.1. The minimum atomic E-state index is -0.588. The van der Waals surface area contributed by atoms with Crippen LogP contribution >= 0.6 is 11.3 Å². The van der Waals surface area contributed by atoms with Crippen molar-refractivity contribution in [2.45, 2.75) is 19.8 Å². The second-order valence-corrected chi connectivity index (χ2v) is 5.50. The van der Waals surface area contributed by atoms with Crippen molar-refractivity contribution in [3.63, 3.8) is 0 Å². The maximum Gasteiger partial charge on any atom is 0.172 e. The molecule has 5 heteroatoms. The van der Waals surface area contributed by atoms with E-state index in [1.165, 1.54) is 30.4 Å². The summed E-state index contributed by atoms with van der Waals surface area (Å²) in [5, 5.41) is 1.86. The molecule has 0 bridgehead atoms. The van der Waals surface area contributed by atoms with Gasteiger partial charge in [0.25, 0.3) is 0 Å². The van der Waals surface area contributed by atoms with E-state index in [1.807, 2.05) is 11.4 Å². The van der Waals surface area contributed by atoms with E-state index in [1.54, 1.807) is 12.1 Å². The molecule has 3 nitrogen and oxygen atoms in total. The Kier molecular flexibility index (Phi) is 5.22. The molecule has 0 saturated carbocycles. The molecule has 0 N–H and O–H groups in total. The quantitative estimate of drug-likeness (QED) is 0.570. The first kappa shape index (κ1) is 15.4. The largest absolute Gasteiger partial charge is 0.493 e. The van der Waals surface area contributed by atoms with Crippen LogP contribution in [0.2, 0.25) is 0 Å². The molecular weight excluding hydrogens is 291 g/mol. The Labute approximate surface area is 126 Å². The molecular formula is C16H15FO3S. The number of ketones is 2. The number of benzene rings is 1. The van der Waals surface area contributed by atoms with Crippen molar-refractivity contribution in [3.8, 4) is 5.75 Å². The minimum Gasteiger partial charge on any atom is -0.493 e. The van der Waals surface area contributed by atoms with E-state index in [2.05, 4.69) is 0 Å². The third kappa shape index (κ3) is 4.23. The summed E-state index contributed by atoms with van der Waals surface area (Å²) in [4.78, 5) is 23.6. The fourth-order valence-electron chi connectivity index (χ4n) is 1.85. The van der Waals surface area contributed by atoms with Gasteiger partial charge in [0.2, 0.25) is 0 Å². The van der Waals surface area contributed by atoms with Crippen molar-refractivity contribution in [1.29, 1.82) is 0 Å². The average molecular weight is 306 g/mol. The van der Waals surface area contributed by atoms with Gasteiger partial charge in [-0.25, -0.2) is 4.39 Å². The zero-order valence-electron chi connectivity index (χ0n) is 11.6. The highest BCUT2D eigenvalue weighted by Gasteiger charge is 2.09. The number of hydrogen-bond acceptors (Lipinski definition) is 4. The summed E-state index contributed by atoms with van der Waals surface area (Å²) >= 11 is 1.42. The number of Topliss-reactive ketones (excluding diaryl/α,β-unsaturated/α-hetero) is 2. The Morgan fingerprint density at radius 1 is 1.29 bits per heavy atom. The average Bonchev–Trinajstić information content (AvgIpc) is 2.97. The molecule has 0 unspecified atom stereocenters. The lowest BCUT2D eigenvalue weighted by atomic mass is 10.1. The Hall–Kier alpha value is -2.01. The molecule has 110 valence electrons. The molecule has 1 heterocycles. The van der Waals surface area contributed by atoms with E-state index in [4.69, 9.17) is 4.74 Å². The van der Waals surface area contributed by atoms with E-state index >= 15 is 0 Å². The lowest BCUT2D eigenvalue weighted by Gasteiger charge is -2.07. The molecule has 0 fully saturated rings. The van der Waals surface area contributed by atoms with Crippen molar-refractivity contribution in [2.24, 2.45) is 0 Å². The third-order valence-electron chi connectivity index (χ3n) is 2.93. The number of carbonyl (C=O) groups is 2. The number of halogens is 1. The molecule has 1 aromatic carbocycles. The molecule has 0 amide bonds. The number of hydrogen-bond donors (Lipinski definition) is 0. The maximum absolute atomic E-state index is 13.6. The van der Waals surface area contributed by atoms with Crippen LogP contribution < -0.4 is 4.74 Å². The van der Waals surface area contributed by atoms with Gasteiger partial charge in [-0.15, -0.1) is 11.3 Å². The molecule has 0 radical (unpaired) electrons. The second-order valence-electron chi connectivity index (χ2n) is 4.55. The first-order valence-electron chi connectivity index (χ1n) is 6.58. The first-order valence-corrected chi connectivity index (χ1v) is 7.46. The Morgan fingerprint density at radius 3 is 2.71 bits per heavy atom. The van der Waals surface area contributed by atoms with Crippen molar-refractivity contribution in [2.75, 3.05) is 6.61 Å². The summed E-state index contributed by atoms with van der Waals surface area (Å²) in [6.07, 6.45) is 0.960. The van der Waals surface area contributed by atoms with Crippen LogP contribution in [0, 0.1) is 5.82 Å². The van der Waals surface area contributed by atoms with Crippen LogP contribution in [0.1, 0.15) is 39.8 Å². The Bertz CT molecular complexity index is 635. The Morgan fingerprint density at radius 2 is 2.10 bits per heavy atom. The zero-order valence-corrected chi connectivity index (χ0v) is 12.4. The third-order valence-corrected chi connectivity index (χ3v) is 3.84. The number of thiophene rings is 1. The van der Waals surface area contributed by atoms with Gasteiger partial charge >= 0.3 is 0 Å². The molecule has 2 aromatic rings. The lowest BCUT2D eigenvalue weighted by Crippen LogP contribution is -2.03. The van der Waals surface area contributed by atoms with Crippen LogP contribution in [-0.2, 0) is 0 Å². The predicted molar refractivity (Wildman–Crippen MR) is 79.8 cm³/mol. The summed E-state index contributed by atoms with van der Waals surface area (Å²) in [5.41, 5.74) is 0.0511. The molecule has 0 spiro atoms. The molecule has 21 heavy (non-hydrogen) atoms. The fourth-order valence-corrected chi connectivity index (χ4v) is 2.55. The smallest absolute Gasteiger partial charge is 0.172 e. The monoisotopic (exact) mass is 306 g/mol. The van der Waals surface area contributed by atoms with Crippen LogP contribution in [0.4, 0.5) is 4.39 Å². The van der Waals surface area contributed by atoms with Gasteiger partial charge in [0.1, 0.15) is 11.6 Å². The lowest BCUT2D eigenvalue weighted by molar-refractivity contribution is 0.0974. The SMILES string of the molecule is CC(=O)c1ccc(OCCCC(=O)c2cccs2)cc1F. The minimum absolute atomic E-state index is 0.0511. The van der Waals surface area contributed by atoms with Crippen molar-refractivity contribution < 1.29 is 18.7 Å². The highest BCUT2D eigenvalue weighted by atomic mass is 32.1. The summed E-state index contributed by atoms with van der Waals surface area (Å²) in [6, 6.07) is 7.79. The summed E-state index contributed by atoms with van der Waals surface area (Å²) < 4.78 is 19.0. The van der Waals surface area contributed by atoms with E-state index in [0.717, 1.165) is 4.88 Å². The summed E-state index contributed by atoms with van der Waals surface area (Å²) in [5.74, 6) is -0.456. The molecule has 0 aliphatic carbocycles. The number of carbonyl (C=O) groups excluding carboxylic acids is 2. The van der Waals surface area contributed by atoms with Crippen LogP contribution in [0.25, 0.3) is 0 Å². The highest BCUT2D eigenvalue weighted by molar-refractivity contribution is 7.12. The van der Waals surface area contributed by atoms with Crippen LogP contribution in [0.3, 0.4) is 0 Å². The summed E-state index contributed by atoms with van der Waals surface area (Å²) in [7, 11) is 0. The van der Waals surface area contributed by atoms with Gasteiger partial charge in [0.05, 0.1) is 17.0 Å². The van der Waals surface area contributed by atoms with Gasteiger partial charge < -0.3 is 4.74 Å². The molecule has 0 aliphatic rings. The van der Waals surface area contributed by atoms with Gasteiger partial charge in [-0.1, -0.05) is 6.07 Å². The van der Waals surface area contributed by atoms with Gasteiger partial charge in [0, 0.05) is 12.5 Å². The Balaban J connectivity index is 1.80. The van der Waals surface area contributed by atoms with Crippen LogP contribution in [0.5, 0.6) is 5.75 Å². The van der Waals surface area contributed by atoms with Gasteiger partial charge in [0.15, 0.2) is 11.6 Å². The van der Waals surface area contributed by atoms with E-state index in [9.17, 15) is 14.0 Å². The van der Waals surface area contributed by atoms with Crippen LogP contribution in [0.15, 0.2) is 35.7 Å². The second kappa shape index (κ2) is 7.13. The normalized spacial score (nSPS) is 10.4. The number of ether oxygens (including phenoxy) is 1. The van der Waals surface area contributed by atoms with E-state index < -0.39 is 5.82 Å². The topological polar surface area (TPSA) is 43.4 Å². The van der Waals surface area contributed by atoms with Gasteiger partial charge in [-0.3, -0.25) is 9.59 Å². The fraction of sp³-hybridized carbons (Fsp3) is 0.250. The number of rotatable bonds is 7. The van der Waals surface area contributed by atoms with E-state index in [0.29, 0.717) is 25.2 Å². The van der Waals surface area contributed by atoms with Crippen molar-refractivity contribution in [3.05, 3.63) is 52.0 Å². The van der Waals surface area contributed by atoms with Crippen molar-refractivity contribution in [1.82, 2.24) is 0 Å².